The van der Waals surface area contributed by atoms with Crippen LogP contribution in [0.25, 0.3) is 0 Å². The van der Waals surface area contributed by atoms with E-state index in [1.54, 1.807) is 4.90 Å². The zero-order valence-electron chi connectivity index (χ0n) is 20.2. The van der Waals surface area contributed by atoms with Gasteiger partial charge in [-0.25, -0.2) is 0 Å². The maximum Gasteiger partial charge on any atom is 0.242 e. The molecule has 1 atom stereocenters. The minimum Gasteiger partial charge on any atom is -0.352 e. The predicted octanol–water partition coefficient (Wildman–Crippen LogP) is 5.17. The van der Waals surface area contributed by atoms with Crippen molar-refractivity contribution in [3.05, 3.63) is 70.8 Å². The quantitative estimate of drug-likeness (QED) is 0.638. The molecule has 0 bridgehead atoms. The van der Waals surface area contributed by atoms with Gasteiger partial charge in [0.25, 0.3) is 0 Å². The first-order valence-corrected chi connectivity index (χ1v) is 11.2. The minimum absolute atomic E-state index is 0.00752. The molecule has 4 nitrogen and oxygen atoms in total. The molecule has 2 aromatic rings. The van der Waals surface area contributed by atoms with E-state index >= 15 is 0 Å². The first-order chi connectivity index (χ1) is 14.5. The number of nitrogens with one attached hydrogen (secondary N) is 1. The molecule has 0 fully saturated rings. The first kappa shape index (κ1) is 24.6. The number of hydrogen-bond acceptors (Lipinski definition) is 2. The molecule has 2 rings (SSSR count). The van der Waals surface area contributed by atoms with Gasteiger partial charge in [0.05, 0.1) is 0 Å². The fraction of sp³-hybridized carbons (Fsp3) is 0.481. The molecule has 0 aromatic heterocycles. The molecule has 0 aliphatic heterocycles. The average molecular weight is 423 g/mol. The van der Waals surface area contributed by atoms with Crippen molar-refractivity contribution in [2.24, 2.45) is 0 Å². The van der Waals surface area contributed by atoms with Crippen LogP contribution in [-0.4, -0.2) is 28.8 Å². The van der Waals surface area contributed by atoms with Gasteiger partial charge in [-0.05, 0) is 56.2 Å². The Bertz CT molecular complexity index is 862. The van der Waals surface area contributed by atoms with E-state index in [2.05, 4.69) is 50.4 Å². The molecule has 0 aliphatic rings. The predicted molar refractivity (Wildman–Crippen MR) is 128 cm³/mol. The molecule has 4 heteroatoms. The lowest BCUT2D eigenvalue weighted by Gasteiger charge is -2.29. The molecule has 0 aliphatic carbocycles. The molecular weight excluding hydrogens is 384 g/mol. The standard InChI is InChI=1S/C27H38N2O2/c1-19(2)28-26(31)21(4)29(18-23-10-8-20(3)9-11-23)25(30)17-14-22-12-15-24(16-13-22)27(5,6)7/h8-13,15-16,19,21H,14,17-18H2,1-7H3,(H,28,31). The summed E-state index contributed by atoms with van der Waals surface area (Å²) in [4.78, 5) is 27.5. The summed E-state index contributed by atoms with van der Waals surface area (Å²) in [5.41, 5.74) is 4.72. The van der Waals surface area contributed by atoms with Gasteiger partial charge < -0.3 is 10.2 Å². The van der Waals surface area contributed by atoms with E-state index in [9.17, 15) is 9.59 Å². The average Bonchev–Trinajstić information content (AvgIpc) is 2.70. The van der Waals surface area contributed by atoms with Crippen LogP contribution in [-0.2, 0) is 28.0 Å². The van der Waals surface area contributed by atoms with Crippen LogP contribution < -0.4 is 5.32 Å². The summed E-state index contributed by atoms with van der Waals surface area (Å²) >= 11 is 0. The maximum absolute atomic E-state index is 13.2. The van der Waals surface area contributed by atoms with E-state index < -0.39 is 6.04 Å². The highest BCUT2D eigenvalue weighted by Gasteiger charge is 2.26. The van der Waals surface area contributed by atoms with Crippen molar-refractivity contribution >= 4 is 11.8 Å². The van der Waals surface area contributed by atoms with Crippen LogP contribution in [0.4, 0.5) is 0 Å². The molecule has 0 saturated carbocycles. The summed E-state index contributed by atoms with van der Waals surface area (Å²) in [5.74, 6) is -0.128. The monoisotopic (exact) mass is 422 g/mol. The van der Waals surface area contributed by atoms with Gasteiger partial charge in [0.1, 0.15) is 6.04 Å². The molecule has 2 amide bonds. The van der Waals surface area contributed by atoms with Crippen LogP contribution in [0.3, 0.4) is 0 Å². The van der Waals surface area contributed by atoms with Crippen LogP contribution in [0.1, 0.15) is 70.2 Å². The van der Waals surface area contributed by atoms with E-state index in [1.165, 1.54) is 11.1 Å². The number of carbonyl (C=O) groups is 2. The van der Waals surface area contributed by atoms with Crippen molar-refractivity contribution < 1.29 is 9.59 Å². The van der Waals surface area contributed by atoms with Gasteiger partial charge in [0.15, 0.2) is 0 Å². The van der Waals surface area contributed by atoms with Gasteiger partial charge in [0.2, 0.25) is 11.8 Å². The molecule has 0 spiro atoms. The summed E-state index contributed by atoms with van der Waals surface area (Å²) < 4.78 is 0. The lowest BCUT2D eigenvalue weighted by atomic mass is 9.86. The summed E-state index contributed by atoms with van der Waals surface area (Å²) in [6.07, 6.45) is 1.03. The van der Waals surface area contributed by atoms with Crippen molar-refractivity contribution in [2.75, 3.05) is 0 Å². The van der Waals surface area contributed by atoms with E-state index in [1.807, 2.05) is 52.0 Å². The van der Waals surface area contributed by atoms with E-state index in [-0.39, 0.29) is 23.3 Å². The van der Waals surface area contributed by atoms with Crippen molar-refractivity contribution in [1.29, 1.82) is 0 Å². The molecule has 0 heterocycles. The Kier molecular flexibility index (Phi) is 8.43. The maximum atomic E-state index is 13.2. The molecule has 31 heavy (non-hydrogen) atoms. The van der Waals surface area contributed by atoms with Gasteiger partial charge in [-0.1, -0.05) is 74.9 Å². The Balaban J connectivity index is 2.12. The minimum atomic E-state index is -0.528. The fourth-order valence-electron chi connectivity index (χ4n) is 3.44. The number of nitrogens with zero attached hydrogens (tertiary/aromatic N) is 1. The van der Waals surface area contributed by atoms with Gasteiger partial charge in [-0.15, -0.1) is 0 Å². The second-order valence-corrected chi connectivity index (χ2v) is 9.79. The van der Waals surface area contributed by atoms with E-state index in [0.717, 1.165) is 11.1 Å². The zero-order valence-corrected chi connectivity index (χ0v) is 20.2. The zero-order chi connectivity index (χ0) is 23.2. The van der Waals surface area contributed by atoms with Crippen LogP contribution in [0.2, 0.25) is 0 Å². The summed E-state index contributed by atoms with van der Waals surface area (Å²) in [6, 6.07) is 16.1. The number of hydrogen-bond donors (Lipinski definition) is 1. The summed E-state index contributed by atoms with van der Waals surface area (Å²) in [5, 5.41) is 2.93. The number of aryl methyl sites for hydroxylation is 2. The third-order valence-electron chi connectivity index (χ3n) is 5.52. The summed E-state index contributed by atoms with van der Waals surface area (Å²) in [7, 11) is 0. The molecule has 2 aromatic carbocycles. The third kappa shape index (κ3) is 7.54. The van der Waals surface area contributed by atoms with Crippen molar-refractivity contribution in [2.45, 2.75) is 85.4 Å². The second-order valence-electron chi connectivity index (χ2n) is 9.79. The Morgan fingerprint density at radius 3 is 1.97 bits per heavy atom. The topological polar surface area (TPSA) is 49.4 Å². The van der Waals surface area contributed by atoms with E-state index in [4.69, 9.17) is 0 Å². The Hall–Kier alpha value is -2.62. The summed E-state index contributed by atoms with van der Waals surface area (Å²) in [6.45, 7) is 14.7. The molecule has 0 saturated heterocycles. The second kappa shape index (κ2) is 10.6. The number of rotatable bonds is 8. The van der Waals surface area contributed by atoms with Crippen molar-refractivity contribution in [3.8, 4) is 0 Å². The van der Waals surface area contributed by atoms with Crippen LogP contribution in [0.5, 0.6) is 0 Å². The highest BCUT2D eigenvalue weighted by molar-refractivity contribution is 5.87. The van der Waals surface area contributed by atoms with Gasteiger partial charge in [0, 0.05) is 19.0 Å². The van der Waals surface area contributed by atoms with Gasteiger partial charge in [-0.2, -0.15) is 0 Å². The number of amides is 2. The third-order valence-corrected chi connectivity index (χ3v) is 5.52. The fourth-order valence-corrected chi connectivity index (χ4v) is 3.44. The molecule has 1 N–H and O–H groups in total. The lowest BCUT2D eigenvalue weighted by Crippen LogP contribution is -2.49. The SMILES string of the molecule is Cc1ccc(CN(C(=O)CCc2ccc(C(C)(C)C)cc2)C(C)C(=O)NC(C)C)cc1. The van der Waals surface area contributed by atoms with Crippen molar-refractivity contribution in [3.63, 3.8) is 0 Å². The molecule has 0 radical (unpaired) electrons. The molecule has 168 valence electrons. The Labute approximate surface area is 188 Å². The highest BCUT2D eigenvalue weighted by atomic mass is 16.2. The first-order valence-electron chi connectivity index (χ1n) is 11.2. The number of carbonyl (C=O) groups excluding carboxylic acids is 2. The van der Waals surface area contributed by atoms with Gasteiger partial charge >= 0.3 is 0 Å². The van der Waals surface area contributed by atoms with Crippen LogP contribution in [0.15, 0.2) is 48.5 Å². The Morgan fingerprint density at radius 2 is 1.45 bits per heavy atom. The number of benzene rings is 2. The smallest absolute Gasteiger partial charge is 0.242 e. The van der Waals surface area contributed by atoms with Crippen molar-refractivity contribution in [1.82, 2.24) is 10.2 Å². The van der Waals surface area contributed by atoms with Gasteiger partial charge in [-0.3, -0.25) is 9.59 Å². The van der Waals surface area contributed by atoms with Crippen LogP contribution >= 0.6 is 0 Å². The lowest BCUT2D eigenvalue weighted by molar-refractivity contribution is -0.140. The molecule has 1 unspecified atom stereocenters. The molecular formula is C27H38N2O2. The highest BCUT2D eigenvalue weighted by Crippen LogP contribution is 2.22. The Morgan fingerprint density at radius 1 is 0.903 bits per heavy atom. The van der Waals surface area contributed by atoms with E-state index in [0.29, 0.717) is 19.4 Å². The normalized spacial score (nSPS) is 12.5. The van der Waals surface area contributed by atoms with Crippen LogP contribution in [0, 0.1) is 6.92 Å². The largest absolute Gasteiger partial charge is 0.352 e.